The lowest BCUT2D eigenvalue weighted by atomic mass is 10.5. The summed E-state index contributed by atoms with van der Waals surface area (Å²) in [4.78, 5) is 10.6. The van der Waals surface area contributed by atoms with Gasteiger partial charge in [-0.3, -0.25) is 0 Å². The Balaban J connectivity index is 3.19. The highest BCUT2D eigenvalue weighted by Crippen LogP contribution is 1.69. The number of carbonyl (C=O) groups is 1. The van der Waals surface area contributed by atoms with Gasteiger partial charge in [-0.25, -0.2) is 4.79 Å². The lowest BCUT2D eigenvalue weighted by Crippen LogP contribution is -2.35. The molecule has 0 spiro atoms. The first-order valence-electron chi connectivity index (χ1n) is 3.26. The zero-order valence-electron chi connectivity index (χ0n) is 6.11. The third kappa shape index (κ3) is 4.98. The summed E-state index contributed by atoms with van der Waals surface area (Å²) in [5.74, 6) is 2.30. The molecule has 0 aromatic rings. The van der Waals surface area contributed by atoms with Crippen molar-refractivity contribution in [1.29, 1.82) is 0 Å². The molecule has 0 fully saturated rings. The van der Waals surface area contributed by atoms with E-state index in [-0.39, 0.29) is 12.6 Å². The van der Waals surface area contributed by atoms with E-state index in [9.17, 15) is 4.79 Å². The molecule has 0 bridgehead atoms. The van der Waals surface area contributed by atoms with E-state index in [4.69, 9.17) is 6.42 Å². The van der Waals surface area contributed by atoms with Crippen molar-refractivity contribution >= 4 is 6.03 Å². The highest BCUT2D eigenvalue weighted by molar-refractivity contribution is 5.73. The van der Waals surface area contributed by atoms with Gasteiger partial charge in [-0.15, -0.1) is 6.42 Å². The Morgan fingerprint density at radius 2 is 2.30 bits per heavy atom. The Morgan fingerprint density at radius 3 is 2.80 bits per heavy atom. The minimum absolute atomic E-state index is 0.195. The van der Waals surface area contributed by atoms with E-state index in [1.54, 1.807) is 0 Å². The molecule has 56 valence electrons. The van der Waals surface area contributed by atoms with Crippen LogP contribution in [0.2, 0.25) is 0 Å². The van der Waals surface area contributed by atoms with Crippen molar-refractivity contribution in [2.75, 3.05) is 13.1 Å². The summed E-state index contributed by atoms with van der Waals surface area (Å²) in [7, 11) is 0. The molecule has 0 aromatic carbocycles. The molecular formula is C7H12N2O. The smallest absolute Gasteiger partial charge is 0.315 e. The molecule has 0 saturated heterocycles. The van der Waals surface area contributed by atoms with Crippen LogP contribution in [0.4, 0.5) is 4.79 Å². The number of terminal acetylenes is 1. The second-order valence-electron chi connectivity index (χ2n) is 1.81. The lowest BCUT2D eigenvalue weighted by molar-refractivity contribution is 0.242. The first-order valence-corrected chi connectivity index (χ1v) is 3.26. The van der Waals surface area contributed by atoms with Gasteiger partial charge < -0.3 is 10.6 Å². The second-order valence-corrected chi connectivity index (χ2v) is 1.81. The first-order chi connectivity index (χ1) is 4.81. The summed E-state index contributed by atoms with van der Waals surface area (Å²) < 4.78 is 0. The van der Waals surface area contributed by atoms with E-state index in [1.807, 2.05) is 6.92 Å². The number of amides is 2. The van der Waals surface area contributed by atoms with Crippen LogP contribution >= 0.6 is 0 Å². The summed E-state index contributed by atoms with van der Waals surface area (Å²) in [6.07, 6.45) is 5.85. The van der Waals surface area contributed by atoms with Crippen LogP contribution in [0, 0.1) is 12.3 Å². The number of nitrogens with one attached hydrogen (secondary N) is 2. The first kappa shape index (κ1) is 8.83. The Kier molecular flexibility index (Phi) is 5.26. The van der Waals surface area contributed by atoms with Gasteiger partial charge in [-0.05, 0) is 6.42 Å². The van der Waals surface area contributed by atoms with E-state index >= 15 is 0 Å². The van der Waals surface area contributed by atoms with Gasteiger partial charge >= 0.3 is 6.03 Å². The predicted octanol–water partition coefficient (Wildman–Crippen LogP) is 0.329. The maximum absolute atomic E-state index is 10.6. The van der Waals surface area contributed by atoms with Gasteiger partial charge in [0, 0.05) is 6.54 Å². The average molecular weight is 140 g/mol. The van der Waals surface area contributed by atoms with Crippen molar-refractivity contribution in [3.05, 3.63) is 0 Å². The molecule has 0 rings (SSSR count). The third-order valence-corrected chi connectivity index (χ3v) is 0.887. The number of urea groups is 1. The largest absolute Gasteiger partial charge is 0.338 e. The zero-order chi connectivity index (χ0) is 7.82. The standard InChI is InChI=1S/C7H12N2O/c1-3-5-8-7(10)9-6-4-2/h1H,4-6H2,2H3,(H2,8,9,10). The number of carbonyl (C=O) groups excluding carboxylic acids is 1. The van der Waals surface area contributed by atoms with Gasteiger partial charge in [-0.2, -0.15) is 0 Å². The fourth-order valence-electron chi connectivity index (χ4n) is 0.432. The van der Waals surface area contributed by atoms with Crippen molar-refractivity contribution in [2.24, 2.45) is 0 Å². The molecular weight excluding hydrogens is 128 g/mol. The number of rotatable bonds is 3. The van der Waals surface area contributed by atoms with Gasteiger partial charge in [0.25, 0.3) is 0 Å². The quantitative estimate of drug-likeness (QED) is 0.545. The van der Waals surface area contributed by atoms with Crippen molar-refractivity contribution in [2.45, 2.75) is 13.3 Å². The van der Waals surface area contributed by atoms with Crippen LogP contribution in [0.15, 0.2) is 0 Å². The van der Waals surface area contributed by atoms with Crippen molar-refractivity contribution < 1.29 is 4.79 Å². The molecule has 0 saturated carbocycles. The van der Waals surface area contributed by atoms with Gasteiger partial charge in [-0.1, -0.05) is 12.8 Å². The van der Waals surface area contributed by atoms with Crippen LogP contribution in [0.5, 0.6) is 0 Å². The van der Waals surface area contributed by atoms with Crippen LogP contribution in [-0.4, -0.2) is 19.1 Å². The predicted molar refractivity (Wildman–Crippen MR) is 40.5 cm³/mol. The summed E-state index contributed by atoms with van der Waals surface area (Å²) >= 11 is 0. The Labute approximate surface area is 61.2 Å². The van der Waals surface area contributed by atoms with Crippen LogP contribution < -0.4 is 10.6 Å². The topological polar surface area (TPSA) is 41.1 Å². The van der Waals surface area contributed by atoms with Crippen LogP contribution in [0.25, 0.3) is 0 Å². The summed E-state index contributed by atoms with van der Waals surface area (Å²) in [5.41, 5.74) is 0. The molecule has 0 aromatic heterocycles. The fraction of sp³-hybridized carbons (Fsp3) is 0.571. The van der Waals surface area contributed by atoms with Crippen LogP contribution in [-0.2, 0) is 0 Å². The maximum Gasteiger partial charge on any atom is 0.315 e. The molecule has 10 heavy (non-hydrogen) atoms. The van der Waals surface area contributed by atoms with Gasteiger partial charge in [0.15, 0.2) is 0 Å². The molecule has 0 aliphatic carbocycles. The van der Waals surface area contributed by atoms with Gasteiger partial charge in [0.1, 0.15) is 0 Å². The van der Waals surface area contributed by atoms with Crippen LogP contribution in [0.1, 0.15) is 13.3 Å². The van der Waals surface area contributed by atoms with Gasteiger partial charge in [0.05, 0.1) is 6.54 Å². The fourth-order valence-corrected chi connectivity index (χ4v) is 0.432. The summed E-state index contributed by atoms with van der Waals surface area (Å²) in [5, 5.41) is 5.10. The molecule has 0 unspecified atom stereocenters. The monoisotopic (exact) mass is 140 g/mol. The second kappa shape index (κ2) is 5.96. The van der Waals surface area contributed by atoms with E-state index in [2.05, 4.69) is 16.6 Å². The molecule has 2 amide bonds. The molecule has 2 N–H and O–H groups in total. The van der Waals surface area contributed by atoms with E-state index in [0.29, 0.717) is 6.54 Å². The van der Waals surface area contributed by atoms with Crippen molar-refractivity contribution in [3.63, 3.8) is 0 Å². The number of hydrogen-bond acceptors (Lipinski definition) is 1. The third-order valence-electron chi connectivity index (χ3n) is 0.887. The summed E-state index contributed by atoms with van der Waals surface area (Å²) in [6.45, 7) is 2.97. The maximum atomic E-state index is 10.6. The van der Waals surface area contributed by atoms with Crippen molar-refractivity contribution in [3.8, 4) is 12.3 Å². The van der Waals surface area contributed by atoms with E-state index in [1.165, 1.54) is 0 Å². The average Bonchev–Trinajstić information content (AvgIpc) is 1.97. The minimum Gasteiger partial charge on any atom is -0.338 e. The molecule has 0 aliphatic rings. The van der Waals surface area contributed by atoms with Crippen molar-refractivity contribution in [1.82, 2.24) is 10.6 Å². The molecule has 0 aliphatic heterocycles. The molecule has 0 heterocycles. The molecule has 0 atom stereocenters. The molecule has 3 heteroatoms. The Hall–Kier alpha value is -1.17. The zero-order valence-corrected chi connectivity index (χ0v) is 6.11. The highest BCUT2D eigenvalue weighted by Gasteiger charge is 1.92. The molecule has 3 nitrogen and oxygen atoms in total. The number of hydrogen-bond donors (Lipinski definition) is 2. The SMILES string of the molecule is C#CCNC(=O)NCCC. The van der Waals surface area contributed by atoms with E-state index < -0.39 is 0 Å². The normalized spacial score (nSPS) is 8.00. The van der Waals surface area contributed by atoms with E-state index in [0.717, 1.165) is 6.42 Å². The summed E-state index contributed by atoms with van der Waals surface area (Å²) in [6, 6.07) is -0.195. The molecule has 0 radical (unpaired) electrons. The highest BCUT2D eigenvalue weighted by atomic mass is 16.2. The Morgan fingerprint density at radius 1 is 1.60 bits per heavy atom. The lowest BCUT2D eigenvalue weighted by Gasteiger charge is -2.01. The van der Waals surface area contributed by atoms with Gasteiger partial charge in [0.2, 0.25) is 0 Å². The van der Waals surface area contributed by atoms with Crippen LogP contribution in [0.3, 0.4) is 0 Å². The minimum atomic E-state index is -0.195. The Bertz CT molecular complexity index is 137.